The van der Waals surface area contributed by atoms with Gasteiger partial charge in [0.2, 0.25) is 0 Å². The van der Waals surface area contributed by atoms with E-state index in [0.29, 0.717) is 23.7 Å². The van der Waals surface area contributed by atoms with Crippen molar-refractivity contribution in [1.29, 1.82) is 0 Å². The maximum absolute atomic E-state index is 11.7. The highest BCUT2D eigenvalue weighted by Gasteiger charge is 2.08. The summed E-state index contributed by atoms with van der Waals surface area (Å²) in [5.41, 5.74) is 1.39. The Morgan fingerprint density at radius 1 is 1.10 bits per heavy atom. The van der Waals surface area contributed by atoms with E-state index in [0.717, 1.165) is 5.56 Å². The predicted molar refractivity (Wildman–Crippen MR) is 84.5 cm³/mol. The number of amides is 2. The molecule has 110 valence electrons. The second-order valence-corrected chi connectivity index (χ2v) is 4.98. The topological polar surface area (TPSA) is 61.4 Å². The van der Waals surface area contributed by atoms with E-state index < -0.39 is 6.10 Å². The lowest BCUT2D eigenvalue weighted by molar-refractivity contribution is 0.167. The lowest BCUT2D eigenvalue weighted by Crippen LogP contribution is -2.30. The summed E-state index contributed by atoms with van der Waals surface area (Å²) in [7, 11) is 0. The molecule has 4 nitrogen and oxygen atoms in total. The van der Waals surface area contributed by atoms with Crippen molar-refractivity contribution < 1.29 is 9.90 Å². The third-order valence-corrected chi connectivity index (χ3v) is 3.34. The average Bonchev–Trinajstić information content (AvgIpc) is 2.50. The van der Waals surface area contributed by atoms with Crippen LogP contribution < -0.4 is 10.6 Å². The van der Waals surface area contributed by atoms with E-state index >= 15 is 0 Å². The quantitative estimate of drug-likeness (QED) is 0.790. The highest BCUT2D eigenvalue weighted by Crippen LogP contribution is 2.20. The minimum Gasteiger partial charge on any atom is -0.388 e. The van der Waals surface area contributed by atoms with Gasteiger partial charge in [0, 0.05) is 6.54 Å². The summed E-state index contributed by atoms with van der Waals surface area (Å²) in [6.07, 6.45) is -0.147. The molecule has 0 heterocycles. The van der Waals surface area contributed by atoms with Crippen LogP contribution in [0.25, 0.3) is 0 Å². The van der Waals surface area contributed by atoms with Gasteiger partial charge in [0.25, 0.3) is 0 Å². The molecule has 2 rings (SSSR count). The highest BCUT2D eigenvalue weighted by molar-refractivity contribution is 6.33. The van der Waals surface area contributed by atoms with Crippen molar-refractivity contribution in [2.24, 2.45) is 0 Å². The third-order valence-electron chi connectivity index (χ3n) is 3.01. The number of halogens is 1. The highest BCUT2D eigenvalue weighted by atomic mass is 35.5. The van der Waals surface area contributed by atoms with E-state index in [1.54, 1.807) is 24.3 Å². The monoisotopic (exact) mass is 304 g/mol. The van der Waals surface area contributed by atoms with Crippen LogP contribution in [-0.4, -0.2) is 17.7 Å². The van der Waals surface area contributed by atoms with Crippen LogP contribution in [-0.2, 0) is 0 Å². The summed E-state index contributed by atoms with van der Waals surface area (Å²) < 4.78 is 0. The second-order valence-electron chi connectivity index (χ2n) is 4.58. The molecule has 2 aromatic rings. The molecule has 0 aliphatic carbocycles. The Morgan fingerprint density at radius 2 is 1.76 bits per heavy atom. The molecule has 0 aliphatic rings. The second kappa shape index (κ2) is 7.67. The number of anilines is 1. The van der Waals surface area contributed by atoms with Crippen LogP contribution in [0.1, 0.15) is 18.1 Å². The van der Waals surface area contributed by atoms with Crippen LogP contribution in [0.2, 0.25) is 5.02 Å². The minimum atomic E-state index is -0.591. The third kappa shape index (κ3) is 4.77. The largest absolute Gasteiger partial charge is 0.388 e. The normalized spacial score (nSPS) is 11.7. The predicted octanol–water partition coefficient (Wildman–Crippen LogP) is 3.59. The summed E-state index contributed by atoms with van der Waals surface area (Å²) >= 11 is 5.95. The van der Waals surface area contributed by atoms with Gasteiger partial charge in [-0.15, -0.1) is 0 Å². The fraction of sp³-hybridized carbons (Fsp3) is 0.188. The van der Waals surface area contributed by atoms with E-state index in [2.05, 4.69) is 10.6 Å². The zero-order valence-corrected chi connectivity index (χ0v) is 12.2. The molecule has 3 N–H and O–H groups in total. The molecule has 0 spiro atoms. The number of carbonyl (C=O) groups is 1. The molecule has 0 bridgehead atoms. The number of aliphatic hydroxyl groups excluding tert-OH is 1. The van der Waals surface area contributed by atoms with Crippen molar-refractivity contribution in [3.8, 4) is 0 Å². The summed E-state index contributed by atoms with van der Waals surface area (Å²) in [6.45, 7) is 0.367. The van der Waals surface area contributed by atoms with Crippen molar-refractivity contribution >= 4 is 23.3 Å². The van der Waals surface area contributed by atoms with Gasteiger partial charge in [0.15, 0.2) is 0 Å². The Labute approximate surface area is 128 Å². The van der Waals surface area contributed by atoms with E-state index in [-0.39, 0.29) is 6.03 Å². The number of hydrogen-bond donors (Lipinski definition) is 3. The summed E-state index contributed by atoms with van der Waals surface area (Å²) in [5, 5.41) is 15.8. The first-order valence-electron chi connectivity index (χ1n) is 6.69. The van der Waals surface area contributed by atoms with E-state index in [1.165, 1.54) is 0 Å². The Bertz CT molecular complexity index is 590. The van der Waals surface area contributed by atoms with E-state index in [9.17, 15) is 9.90 Å². The zero-order valence-electron chi connectivity index (χ0n) is 11.4. The van der Waals surface area contributed by atoms with Crippen LogP contribution in [0, 0.1) is 0 Å². The molecule has 21 heavy (non-hydrogen) atoms. The molecular formula is C16H17ClN2O2. The van der Waals surface area contributed by atoms with Gasteiger partial charge in [-0.2, -0.15) is 0 Å². The number of nitrogens with one attached hydrogen (secondary N) is 2. The van der Waals surface area contributed by atoms with Crippen LogP contribution in [0.4, 0.5) is 10.5 Å². The van der Waals surface area contributed by atoms with Gasteiger partial charge >= 0.3 is 6.03 Å². The molecule has 0 aliphatic heterocycles. The number of carbonyl (C=O) groups excluding carboxylic acids is 1. The average molecular weight is 305 g/mol. The molecule has 0 saturated heterocycles. The number of urea groups is 1. The molecule has 0 aromatic heterocycles. The van der Waals surface area contributed by atoms with Gasteiger partial charge in [0.05, 0.1) is 16.8 Å². The molecule has 1 atom stereocenters. The molecule has 0 radical (unpaired) electrons. The van der Waals surface area contributed by atoms with Crippen LogP contribution in [0.15, 0.2) is 54.6 Å². The Morgan fingerprint density at radius 3 is 2.48 bits per heavy atom. The van der Waals surface area contributed by atoms with Crippen molar-refractivity contribution in [2.75, 3.05) is 11.9 Å². The van der Waals surface area contributed by atoms with Crippen LogP contribution in [0.5, 0.6) is 0 Å². The van der Waals surface area contributed by atoms with Crippen LogP contribution >= 0.6 is 11.6 Å². The summed E-state index contributed by atoms with van der Waals surface area (Å²) in [4.78, 5) is 11.7. The smallest absolute Gasteiger partial charge is 0.319 e. The molecule has 0 saturated carbocycles. The number of rotatable bonds is 5. The minimum absolute atomic E-state index is 0.344. The first-order valence-corrected chi connectivity index (χ1v) is 7.07. The van der Waals surface area contributed by atoms with Crippen molar-refractivity contribution in [3.05, 3.63) is 65.2 Å². The Kier molecular flexibility index (Phi) is 5.60. The fourth-order valence-electron chi connectivity index (χ4n) is 1.89. The first kappa shape index (κ1) is 15.4. The van der Waals surface area contributed by atoms with E-state index in [4.69, 9.17) is 11.6 Å². The Balaban J connectivity index is 1.76. The lowest BCUT2D eigenvalue weighted by atomic mass is 10.1. The molecule has 0 fully saturated rings. The molecule has 0 unspecified atom stereocenters. The van der Waals surface area contributed by atoms with Crippen LogP contribution in [0.3, 0.4) is 0 Å². The maximum atomic E-state index is 11.7. The van der Waals surface area contributed by atoms with Gasteiger partial charge in [-0.05, 0) is 24.1 Å². The van der Waals surface area contributed by atoms with Gasteiger partial charge in [-0.3, -0.25) is 0 Å². The SMILES string of the molecule is O=C(NCC[C@@H](O)c1ccccc1)Nc1ccccc1Cl. The van der Waals surface area contributed by atoms with Crippen molar-refractivity contribution in [2.45, 2.75) is 12.5 Å². The van der Waals surface area contributed by atoms with Gasteiger partial charge < -0.3 is 15.7 Å². The van der Waals surface area contributed by atoms with Gasteiger partial charge in [-0.25, -0.2) is 4.79 Å². The Hall–Kier alpha value is -2.04. The fourth-order valence-corrected chi connectivity index (χ4v) is 2.08. The van der Waals surface area contributed by atoms with Crippen molar-refractivity contribution in [3.63, 3.8) is 0 Å². The summed E-state index contributed by atoms with van der Waals surface area (Å²) in [6, 6.07) is 16.0. The molecule has 2 amide bonds. The number of hydrogen-bond acceptors (Lipinski definition) is 2. The number of aliphatic hydroxyl groups is 1. The molecule has 2 aromatic carbocycles. The van der Waals surface area contributed by atoms with Crippen molar-refractivity contribution in [1.82, 2.24) is 5.32 Å². The molecular weight excluding hydrogens is 288 g/mol. The number of para-hydroxylation sites is 1. The lowest BCUT2D eigenvalue weighted by Gasteiger charge is -2.12. The first-order chi connectivity index (χ1) is 10.2. The number of benzene rings is 2. The summed E-state index contributed by atoms with van der Waals surface area (Å²) in [5.74, 6) is 0. The maximum Gasteiger partial charge on any atom is 0.319 e. The van der Waals surface area contributed by atoms with Gasteiger partial charge in [0.1, 0.15) is 0 Å². The van der Waals surface area contributed by atoms with Gasteiger partial charge in [-0.1, -0.05) is 54.1 Å². The van der Waals surface area contributed by atoms with E-state index in [1.807, 2.05) is 30.3 Å². The standard InChI is InChI=1S/C16H17ClN2O2/c17-13-8-4-5-9-14(13)19-16(21)18-11-10-15(20)12-6-2-1-3-7-12/h1-9,15,20H,10-11H2,(H2,18,19,21)/t15-/m1/s1. The molecule has 5 heteroatoms. The zero-order chi connectivity index (χ0) is 15.1.